The van der Waals surface area contributed by atoms with E-state index in [4.69, 9.17) is 28.9 Å². The van der Waals surface area contributed by atoms with Crippen LogP contribution >= 0.6 is 35.0 Å². The lowest BCUT2D eigenvalue weighted by atomic mass is 9.89. The number of rotatable bonds is 6. The summed E-state index contributed by atoms with van der Waals surface area (Å²) in [5, 5.41) is 11.0. The summed E-state index contributed by atoms with van der Waals surface area (Å²) in [7, 11) is 0. The van der Waals surface area contributed by atoms with Crippen LogP contribution < -0.4 is 5.73 Å². The van der Waals surface area contributed by atoms with Crippen molar-refractivity contribution in [3.05, 3.63) is 64.1 Å². The molecule has 1 atom stereocenters. The highest BCUT2D eigenvalue weighted by atomic mass is 35.5. The van der Waals surface area contributed by atoms with Gasteiger partial charge in [-0.05, 0) is 30.2 Å². The maximum absolute atomic E-state index is 9.65. The average molecular weight is 342 g/mol. The van der Waals surface area contributed by atoms with Crippen LogP contribution in [0.1, 0.15) is 12.0 Å². The molecule has 0 radical (unpaired) electrons. The zero-order valence-corrected chi connectivity index (χ0v) is 13.8. The Hall–Kier alpha value is -0.710. The zero-order chi connectivity index (χ0) is 15.3. The molecule has 0 fully saturated rings. The lowest BCUT2D eigenvalue weighted by Gasteiger charge is -2.27. The SMILES string of the molecule is NC(CO)(CCSc1cc(Cl)ccc1Cl)c1ccccc1. The minimum absolute atomic E-state index is 0.0964. The van der Waals surface area contributed by atoms with Crippen molar-refractivity contribution in [3.8, 4) is 0 Å². The molecule has 2 aromatic carbocycles. The number of aliphatic hydroxyl groups excluding tert-OH is 1. The number of benzene rings is 2. The molecular weight excluding hydrogens is 325 g/mol. The van der Waals surface area contributed by atoms with Crippen LogP contribution in [0.2, 0.25) is 10.0 Å². The minimum Gasteiger partial charge on any atom is -0.394 e. The van der Waals surface area contributed by atoms with Crippen LogP contribution in [0.5, 0.6) is 0 Å². The Morgan fingerprint density at radius 2 is 1.81 bits per heavy atom. The summed E-state index contributed by atoms with van der Waals surface area (Å²) in [6, 6.07) is 15.0. The second-order valence-electron chi connectivity index (χ2n) is 4.85. The van der Waals surface area contributed by atoms with Gasteiger partial charge in [0.15, 0.2) is 0 Å². The third kappa shape index (κ3) is 4.38. The summed E-state index contributed by atoms with van der Waals surface area (Å²) in [5.41, 5.74) is 6.53. The Kier molecular flexibility index (Phi) is 5.97. The quantitative estimate of drug-likeness (QED) is 0.769. The maximum Gasteiger partial charge on any atom is 0.0653 e. The van der Waals surface area contributed by atoms with Gasteiger partial charge >= 0.3 is 0 Å². The summed E-state index contributed by atoms with van der Waals surface area (Å²) in [6.07, 6.45) is 0.640. The van der Waals surface area contributed by atoms with Crippen LogP contribution in [0.25, 0.3) is 0 Å². The molecule has 0 aliphatic heterocycles. The summed E-state index contributed by atoms with van der Waals surface area (Å²) < 4.78 is 0. The summed E-state index contributed by atoms with van der Waals surface area (Å²) in [5.74, 6) is 0.742. The Morgan fingerprint density at radius 3 is 2.48 bits per heavy atom. The standard InChI is InChI=1S/C16H17Cl2NOS/c17-13-6-7-14(18)15(10-13)21-9-8-16(19,11-20)12-4-2-1-3-5-12/h1-7,10,20H,8-9,11,19H2. The topological polar surface area (TPSA) is 46.2 Å². The zero-order valence-electron chi connectivity index (χ0n) is 11.4. The molecule has 0 spiro atoms. The van der Waals surface area contributed by atoms with Gasteiger partial charge in [-0.15, -0.1) is 11.8 Å². The van der Waals surface area contributed by atoms with E-state index in [9.17, 15) is 5.11 Å². The predicted molar refractivity (Wildman–Crippen MR) is 91.2 cm³/mol. The van der Waals surface area contributed by atoms with Crippen molar-refractivity contribution >= 4 is 35.0 Å². The van der Waals surface area contributed by atoms with E-state index in [0.29, 0.717) is 16.5 Å². The molecule has 0 aromatic heterocycles. The third-order valence-electron chi connectivity index (χ3n) is 3.33. The summed E-state index contributed by atoms with van der Waals surface area (Å²) >= 11 is 13.7. The van der Waals surface area contributed by atoms with E-state index in [1.54, 1.807) is 23.9 Å². The van der Waals surface area contributed by atoms with Gasteiger partial charge in [-0.3, -0.25) is 0 Å². The number of halogens is 2. The molecule has 0 bridgehead atoms. The molecule has 0 heterocycles. The van der Waals surface area contributed by atoms with E-state index in [2.05, 4.69) is 0 Å². The second-order valence-corrected chi connectivity index (χ2v) is 6.83. The van der Waals surface area contributed by atoms with E-state index in [-0.39, 0.29) is 6.61 Å². The van der Waals surface area contributed by atoms with Crippen LogP contribution in [0.15, 0.2) is 53.4 Å². The first-order valence-corrected chi connectivity index (χ1v) is 8.32. The van der Waals surface area contributed by atoms with Crippen LogP contribution in [0, 0.1) is 0 Å². The molecule has 0 saturated carbocycles. The fraction of sp³-hybridized carbons (Fsp3) is 0.250. The fourth-order valence-corrected chi connectivity index (χ4v) is 3.64. The van der Waals surface area contributed by atoms with Crippen molar-refractivity contribution in [2.24, 2.45) is 5.73 Å². The average Bonchev–Trinajstić information content (AvgIpc) is 2.51. The van der Waals surface area contributed by atoms with Crippen molar-refractivity contribution in [1.29, 1.82) is 0 Å². The van der Waals surface area contributed by atoms with Gasteiger partial charge in [-0.25, -0.2) is 0 Å². The van der Waals surface area contributed by atoms with Crippen molar-refractivity contribution in [2.45, 2.75) is 16.9 Å². The molecule has 5 heteroatoms. The molecule has 1 unspecified atom stereocenters. The van der Waals surface area contributed by atoms with Crippen LogP contribution in [-0.4, -0.2) is 17.5 Å². The molecule has 0 saturated heterocycles. The van der Waals surface area contributed by atoms with Gasteiger partial charge in [-0.2, -0.15) is 0 Å². The van der Waals surface area contributed by atoms with Gasteiger partial charge < -0.3 is 10.8 Å². The first kappa shape index (κ1) is 16.7. The Bertz CT molecular complexity index is 594. The summed E-state index contributed by atoms with van der Waals surface area (Å²) in [4.78, 5) is 0.928. The van der Waals surface area contributed by atoms with Crippen LogP contribution in [-0.2, 0) is 5.54 Å². The molecule has 2 rings (SSSR count). The minimum atomic E-state index is -0.737. The second kappa shape index (κ2) is 7.52. The molecule has 2 aromatic rings. The molecule has 3 N–H and O–H groups in total. The molecular formula is C16H17Cl2NOS. The highest BCUT2D eigenvalue weighted by Crippen LogP contribution is 2.32. The maximum atomic E-state index is 9.65. The van der Waals surface area contributed by atoms with Gasteiger partial charge in [0.25, 0.3) is 0 Å². The van der Waals surface area contributed by atoms with E-state index in [0.717, 1.165) is 16.2 Å². The lowest BCUT2D eigenvalue weighted by molar-refractivity contribution is 0.193. The van der Waals surface area contributed by atoms with E-state index in [1.807, 2.05) is 36.4 Å². The predicted octanol–water partition coefficient (Wildman–Crippen LogP) is 4.32. The van der Waals surface area contributed by atoms with Crippen LogP contribution in [0.4, 0.5) is 0 Å². The Morgan fingerprint density at radius 1 is 1.10 bits per heavy atom. The Balaban J connectivity index is 2.02. The first-order chi connectivity index (χ1) is 10.0. The molecule has 0 aliphatic carbocycles. The van der Waals surface area contributed by atoms with Crippen molar-refractivity contribution in [3.63, 3.8) is 0 Å². The third-order valence-corrected chi connectivity index (χ3v) is 5.06. The van der Waals surface area contributed by atoms with Gasteiger partial charge in [0.2, 0.25) is 0 Å². The molecule has 0 amide bonds. The van der Waals surface area contributed by atoms with Gasteiger partial charge in [0.05, 0.1) is 17.2 Å². The molecule has 0 aliphatic rings. The number of hydrogen-bond acceptors (Lipinski definition) is 3. The summed E-state index contributed by atoms with van der Waals surface area (Å²) in [6.45, 7) is -0.0964. The molecule has 2 nitrogen and oxygen atoms in total. The number of nitrogens with two attached hydrogens (primary N) is 1. The van der Waals surface area contributed by atoms with E-state index < -0.39 is 5.54 Å². The van der Waals surface area contributed by atoms with E-state index in [1.165, 1.54) is 0 Å². The van der Waals surface area contributed by atoms with Crippen molar-refractivity contribution in [2.75, 3.05) is 12.4 Å². The smallest absolute Gasteiger partial charge is 0.0653 e. The van der Waals surface area contributed by atoms with Crippen molar-refractivity contribution in [1.82, 2.24) is 0 Å². The first-order valence-electron chi connectivity index (χ1n) is 6.58. The highest BCUT2D eigenvalue weighted by molar-refractivity contribution is 7.99. The van der Waals surface area contributed by atoms with Crippen molar-refractivity contribution < 1.29 is 5.11 Å². The molecule has 21 heavy (non-hydrogen) atoms. The number of thioether (sulfide) groups is 1. The Labute approximate surface area is 139 Å². The highest BCUT2D eigenvalue weighted by Gasteiger charge is 2.26. The van der Waals surface area contributed by atoms with Crippen LogP contribution in [0.3, 0.4) is 0 Å². The van der Waals surface area contributed by atoms with E-state index >= 15 is 0 Å². The monoisotopic (exact) mass is 341 g/mol. The number of hydrogen-bond donors (Lipinski definition) is 2. The number of aliphatic hydroxyl groups is 1. The fourth-order valence-electron chi connectivity index (χ4n) is 2.02. The van der Waals surface area contributed by atoms with Gasteiger partial charge in [0.1, 0.15) is 0 Å². The molecule has 112 valence electrons. The largest absolute Gasteiger partial charge is 0.394 e. The normalized spacial score (nSPS) is 13.9. The van der Waals surface area contributed by atoms with Gasteiger partial charge in [-0.1, -0.05) is 53.5 Å². The van der Waals surface area contributed by atoms with Gasteiger partial charge in [0, 0.05) is 15.7 Å². The lowest BCUT2D eigenvalue weighted by Crippen LogP contribution is -2.41.